The van der Waals surface area contributed by atoms with Crippen LogP contribution in [-0.2, 0) is 0 Å². The molecule has 0 aliphatic carbocycles. The highest BCUT2D eigenvalue weighted by Gasteiger charge is 2.15. The van der Waals surface area contributed by atoms with Gasteiger partial charge in [0.2, 0.25) is 0 Å². The van der Waals surface area contributed by atoms with Crippen molar-refractivity contribution in [2.24, 2.45) is 0 Å². The highest BCUT2D eigenvalue weighted by molar-refractivity contribution is 7.08. The van der Waals surface area contributed by atoms with E-state index in [2.05, 4.69) is 19.9 Å². The number of hydrogen-bond donors (Lipinski definition) is 1. The Balaban J connectivity index is 2.28. The summed E-state index contributed by atoms with van der Waals surface area (Å²) in [7, 11) is 0. The number of aryl methyl sites for hydroxylation is 2. The zero-order valence-electron chi connectivity index (χ0n) is 9.19. The van der Waals surface area contributed by atoms with E-state index in [1.165, 1.54) is 0 Å². The number of amides is 1. The zero-order chi connectivity index (χ0) is 12.4. The fourth-order valence-corrected chi connectivity index (χ4v) is 2.09. The number of nitrogens with one attached hydrogen (secondary N) is 1. The number of halogens is 1. The van der Waals surface area contributed by atoms with E-state index in [0.29, 0.717) is 16.3 Å². The Bertz CT molecular complexity index is 549. The van der Waals surface area contributed by atoms with E-state index in [4.69, 9.17) is 11.6 Å². The molecule has 1 N–H and O–H groups in total. The first-order chi connectivity index (χ1) is 8.09. The molecule has 2 aromatic rings. The van der Waals surface area contributed by atoms with Crippen LogP contribution in [0.1, 0.15) is 20.9 Å². The molecule has 7 heteroatoms. The van der Waals surface area contributed by atoms with Crippen molar-refractivity contribution in [3.8, 4) is 0 Å². The highest BCUT2D eigenvalue weighted by atomic mass is 35.5. The molecule has 0 saturated heterocycles. The SMILES string of the molecule is Cc1ccnc(Cl)c1NC(=O)c1snnc1C. The van der Waals surface area contributed by atoms with Crippen molar-refractivity contribution in [3.05, 3.63) is 33.6 Å². The fraction of sp³-hybridized carbons (Fsp3) is 0.200. The summed E-state index contributed by atoms with van der Waals surface area (Å²) in [5, 5.41) is 6.77. The van der Waals surface area contributed by atoms with Gasteiger partial charge in [0.25, 0.3) is 5.91 Å². The number of aromatic nitrogens is 3. The highest BCUT2D eigenvalue weighted by Crippen LogP contribution is 2.24. The van der Waals surface area contributed by atoms with E-state index >= 15 is 0 Å². The van der Waals surface area contributed by atoms with Crippen LogP contribution in [-0.4, -0.2) is 20.5 Å². The molecule has 0 bridgehead atoms. The van der Waals surface area contributed by atoms with Gasteiger partial charge in [-0.3, -0.25) is 4.79 Å². The lowest BCUT2D eigenvalue weighted by Gasteiger charge is -2.08. The molecule has 0 fully saturated rings. The number of carbonyl (C=O) groups is 1. The molecule has 0 radical (unpaired) electrons. The molecule has 2 aromatic heterocycles. The summed E-state index contributed by atoms with van der Waals surface area (Å²) in [4.78, 5) is 16.3. The first-order valence-electron chi connectivity index (χ1n) is 4.81. The summed E-state index contributed by atoms with van der Waals surface area (Å²) in [6.07, 6.45) is 1.59. The fourth-order valence-electron chi connectivity index (χ4n) is 1.29. The molecular weight excluding hydrogens is 260 g/mol. The van der Waals surface area contributed by atoms with E-state index in [1.54, 1.807) is 19.2 Å². The van der Waals surface area contributed by atoms with Gasteiger partial charge < -0.3 is 5.32 Å². The van der Waals surface area contributed by atoms with Crippen molar-refractivity contribution < 1.29 is 4.79 Å². The predicted molar refractivity (Wildman–Crippen MR) is 66.6 cm³/mol. The van der Waals surface area contributed by atoms with Crippen LogP contribution in [0.25, 0.3) is 0 Å². The molecule has 2 heterocycles. The monoisotopic (exact) mass is 268 g/mol. The quantitative estimate of drug-likeness (QED) is 0.850. The number of pyridine rings is 1. The van der Waals surface area contributed by atoms with Crippen molar-refractivity contribution in [1.82, 2.24) is 14.6 Å². The van der Waals surface area contributed by atoms with Gasteiger partial charge >= 0.3 is 0 Å². The van der Waals surface area contributed by atoms with Crippen LogP contribution in [0.2, 0.25) is 5.15 Å². The number of hydrogen-bond acceptors (Lipinski definition) is 5. The Labute approximate surface area is 107 Å². The molecule has 0 saturated carbocycles. The predicted octanol–water partition coefficient (Wildman–Crippen LogP) is 2.46. The van der Waals surface area contributed by atoms with Gasteiger partial charge in [-0.25, -0.2) is 4.98 Å². The van der Waals surface area contributed by atoms with Crippen LogP contribution >= 0.6 is 23.1 Å². The Morgan fingerprint density at radius 3 is 2.82 bits per heavy atom. The van der Waals surface area contributed by atoms with Crippen molar-refractivity contribution in [1.29, 1.82) is 0 Å². The van der Waals surface area contributed by atoms with E-state index in [0.717, 1.165) is 17.1 Å². The number of carbonyl (C=O) groups excluding carboxylic acids is 1. The summed E-state index contributed by atoms with van der Waals surface area (Å²) >= 11 is 6.97. The van der Waals surface area contributed by atoms with Crippen molar-refractivity contribution in [2.75, 3.05) is 5.32 Å². The van der Waals surface area contributed by atoms with Gasteiger partial charge in [0.05, 0.1) is 11.4 Å². The standard InChI is InChI=1S/C10H9ClN4OS/c1-5-3-4-12-9(11)7(5)13-10(16)8-6(2)14-15-17-8/h3-4H,1-2H3,(H,13,16). The third-order valence-corrected chi connectivity index (χ3v) is 3.32. The molecule has 0 aliphatic rings. The molecule has 0 spiro atoms. The maximum Gasteiger partial charge on any atom is 0.269 e. The van der Waals surface area contributed by atoms with E-state index < -0.39 is 0 Å². The van der Waals surface area contributed by atoms with Gasteiger partial charge in [-0.05, 0) is 37.0 Å². The number of anilines is 1. The lowest BCUT2D eigenvalue weighted by atomic mass is 10.2. The van der Waals surface area contributed by atoms with Crippen LogP contribution in [0.4, 0.5) is 5.69 Å². The van der Waals surface area contributed by atoms with Gasteiger partial charge in [0.1, 0.15) is 4.88 Å². The summed E-state index contributed by atoms with van der Waals surface area (Å²) < 4.78 is 3.71. The first kappa shape index (κ1) is 11.9. The van der Waals surface area contributed by atoms with E-state index in [1.807, 2.05) is 6.92 Å². The third kappa shape index (κ3) is 2.42. The number of nitrogens with zero attached hydrogens (tertiary/aromatic N) is 3. The maximum absolute atomic E-state index is 11.9. The molecule has 0 aliphatic heterocycles. The van der Waals surface area contributed by atoms with Crippen LogP contribution in [0.3, 0.4) is 0 Å². The summed E-state index contributed by atoms with van der Waals surface area (Å²) in [6, 6.07) is 1.78. The molecular formula is C10H9ClN4OS. The minimum atomic E-state index is -0.268. The van der Waals surface area contributed by atoms with E-state index in [-0.39, 0.29) is 11.1 Å². The van der Waals surface area contributed by atoms with Crippen molar-refractivity contribution in [2.45, 2.75) is 13.8 Å². The van der Waals surface area contributed by atoms with E-state index in [9.17, 15) is 4.79 Å². The van der Waals surface area contributed by atoms with Crippen LogP contribution < -0.4 is 5.32 Å². The molecule has 5 nitrogen and oxygen atoms in total. The van der Waals surface area contributed by atoms with Gasteiger partial charge in [0, 0.05) is 6.20 Å². The minimum absolute atomic E-state index is 0.268. The van der Waals surface area contributed by atoms with Crippen LogP contribution in [0, 0.1) is 13.8 Å². The normalized spacial score (nSPS) is 10.3. The van der Waals surface area contributed by atoms with Crippen molar-refractivity contribution in [3.63, 3.8) is 0 Å². The molecule has 0 aromatic carbocycles. The summed E-state index contributed by atoms with van der Waals surface area (Å²) in [5.41, 5.74) is 1.98. The topological polar surface area (TPSA) is 67.8 Å². The second-order valence-corrected chi connectivity index (χ2v) is 4.55. The Morgan fingerprint density at radius 2 is 2.24 bits per heavy atom. The lowest BCUT2D eigenvalue weighted by Crippen LogP contribution is -2.13. The van der Waals surface area contributed by atoms with Gasteiger partial charge in [0.15, 0.2) is 5.15 Å². The second kappa shape index (κ2) is 4.77. The first-order valence-corrected chi connectivity index (χ1v) is 5.96. The lowest BCUT2D eigenvalue weighted by molar-refractivity contribution is 0.102. The second-order valence-electron chi connectivity index (χ2n) is 3.44. The van der Waals surface area contributed by atoms with Crippen molar-refractivity contribution >= 4 is 34.7 Å². The Kier molecular flexibility index (Phi) is 3.35. The van der Waals surface area contributed by atoms with Gasteiger partial charge in [-0.15, -0.1) is 5.10 Å². The maximum atomic E-state index is 11.9. The Hall–Kier alpha value is -1.53. The Morgan fingerprint density at radius 1 is 1.47 bits per heavy atom. The average molecular weight is 269 g/mol. The average Bonchev–Trinajstić information content (AvgIpc) is 2.70. The summed E-state index contributed by atoms with van der Waals surface area (Å²) in [6.45, 7) is 3.58. The van der Waals surface area contributed by atoms with Gasteiger partial charge in [-0.2, -0.15) is 0 Å². The molecule has 2 rings (SSSR count). The van der Waals surface area contributed by atoms with Crippen LogP contribution in [0.5, 0.6) is 0 Å². The van der Waals surface area contributed by atoms with Crippen LogP contribution in [0.15, 0.2) is 12.3 Å². The minimum Gasteiger partial charge on any atom is -0.318 e. The summed E-state index contributed by atoms with van der Waals surface area (Å²) in [5.74, 6) is -0.268. The smallest absolute Gasteiger partial charge is 0.269 e. The number of rotatable bonds is 2. The third-order valence-electron chi connectivity index (χ3n) is 2.21. The molecule has 0 atom stereocenters. The molecule has 17 heavy (non-hydrogen) atoms. The largest absolute Gasteiger partial charge is 0.318 e. The molecule has 0 unspecified atom stereocenters. The van der Waals surface area contributed by atoms with Gasteiger partial charge in [-0.1, -0.05) is 16.1 Å². The molecule has 88 valence electrons. The molecule has 1 amide bonds. The zero-order valence-corrected chi connectivity index (χ0v) is 10.8.